The second kappa shape index (κ2) is 8.99. The van der Waals surface area contributed by atoms with Crippen LogP contribution in [-0.2, 0) is 20.9 Å². The second-order valence-corrected chi connectivity index (χ2v) is 5.59. The molecule has 3 amide bonds. The van der Waals surface area contributed by atoms with Gasteiger partial charge in [0.1, 0.15) is 5.76 Å². The van der Waals surface area contributed by atoms with Gasteiger partial charge < -0.3 is 9.73 Å². The molecule has 0 saturated carbocycles. The van der Waals surface area contributed by atoms with Gasteiger partial charge in [-0.15, -0.1) is 0 Å². The van der Waals surface area contributed by atoms with Crippen molar-refractivity contribution < 1.29 is 18.8 Å². The highest BCUT2D eigenvalue weighted by Crippen LogP contribution is 2.08. The van der Waals surface area contributed by atoms with Crippen LogP contribution in [0.15, 0.2) is 71.6 Å². The molecule has 28 heavy (non-hydrogen) atoms. The Morgan fingerprint density at radius 3 is 2.61 bits per heavy atom. The Morgan fingerprint density at radius 2 is 1.86 bits per heavy atom. The Kier molecular flexibility index (Phi) is 5.99. The Bertz CT molecular complexity index is 977. The molecule has 2 heterocycles. The fourth-order valence-electron chi connectivity index (χ4n) is 2.19. The zero-order chi connectivity index (χ0) is 19.8. The molecule has 0 radical (unpaired) electrons. The topological polar surface area (TPSA) is 118 Å². The molecule has 0 saturated heterocycles. The Balaban J connectivity index is 1.44. The third-order valence-corrected chi connectivity index (χ3v) is 3.56. The fraction of sp³-hybridized carbons (Fsp3) is 0.0526. The van der Waals surface area contributed by atoms with Crippen LogP contribution in [0, 0.1) is 0 Å². The molecule has 0 unspecified atom stereocenters. The van der Waals surface area contributed by atoms with Crippen LogP contribution in [0.2, 0.25) is 0 Å². The molecule has 3 N–H and O–H groups in total. The second-order valence-electron chi connectivity index (χ2n) is 5.59. The monoisotopic (exact) mass is 379 g/mol. The third kappa shape index (κ3) is 5.18. The lowest BCUT2D eigenvalue weighted by Crippen LogP contribution is -2.47. The summed E-state index contributed by atoms with van der Waals surface area (Å²) in [6.07, 6.45) is 7.55. The van der Waals surface area contributed by atoms with E-state index in [-0.39, 0.29) is 6.54 Å². The van der Waals surface area contributed by atoms with Crippen molar-refractivity contribution in [1.82, 2.24) is 25.9 Å². The number of carbonyl (C=O) groups excluding carboxylic acids is 3. The number of rotatable bonds is 5. The molecule has 142 valence electrons. The summed E-state index contributed by atoms with van der Waals surface area (Å²) >= 11 is 0. The molecule has 3 rings (SSSR count). The van der Waals surface area contributed by atoms with Crippen molar-refractivity contribution >= 4 is 23.8 Å². The predicted molar refractivity (Wildman–Crippen MR) is 99.4 cm³/mol. The van der Waals surface area contributed by atoms with Gasteiger partial charge in [0.15, 0.2) is 0 Å². The molecule has 0 spiro atoms. The summed E-state index contributed by atoms with van der Waals surface area (Å²) in [6.45, 7) is 0.0680. The molecule has 2 aromatic heterocycles. The molecule has 9 heteroatoms. The van der Waals surface area contributed by atoms with Gasteiger partial charge in [0.25, 0.3) is 5.91 Å². The van der Waals surface area contributed by atoms with Gasteiger partial charge >= 0.3 is 11.8 Å². The molecule has 0 aliphatic heterocycles. The standard InChI is InChI=1S/C19H17N5O4/c25-17(22-23-19(27)18(26)20-12-16-7-4-10-28-16)9-8-14-11-21-24(13-14)15-5-2-1-3-6-15/h1-11,13H,12H2,(H,20,26)(H,22,25)(H,23,27)/b9-8+. The van der Waals surface area contributed by atoms with Crippen molar-refractivity contribution in [2.45, 2.75) is 6.54 Å². The van der Waals surface area contributed by atoms with Crippen molar-refractivity contribution in [3.63, 3.8) is 0 Å². The van der Waals surface area contributed by atoms with Crippen molar-refractivity contribution in [2.75, 3.05) is 0 Å². The molecule has 9 nitrogen and oxygen atoms in total. The maximum absolute atomic E-state index is 11.8. The highest BCUT2D eigenvalue weighted by Gasteiger charge is 2.13. The van der Waals surface area contributed by atoms with Crippen molar-refractivity contribution in [1.29, 1.82) is 0 Å². The Morgan fingerprint density at radius 1 is 1.04 bits per heavy atom. The molecule has 3 aromatic rings. The summed E-state index contributed by atoms with van der Waals surface area (Å²) in [4.78, 5) is 35.0. The van der Waals surface area contributed by atoms with Gasteiger partial charge in [0.05, 0.1) is 24.7 Å². The lowest BCUT2D eigenvalue weighted by Gasteiger charge is -2.05. The summed E-state index contributed by atoms with van der Waals surface area (Å²) in [5.74, 6) is -1.99. The van der Waals surface area contributed by atoms with E-state index in [0.29, 0.717) is 11.3 Å². The van der Waals surface area contributed by atoms with Gasteiger partial charge in [-0.3, -0.25) is 25.2 Å². The lowest BCUT2D eigenvalue weighted by molar-refractivity contribution is -0.140. The number of benzene rings is 1. The first-order valence-corrected chi connectivity index (χ1v) is 8.30. The van der Waals surface area contributed by atoms with Gasteiger partial charge in [-0.05, 0) is 30.3 Å². The van der Waals surface area contributed by atoms with E-state index in [9.17, 15) is 14.4 Å². The number of amides is 3. The van der Waals surface area contributed by atoms with Crippen LogP contribution in [0.1, 0.15) is 11.3 Å². The Hall–Kier alpha value is -4.14. The van der Waals surface area contributed by atoms with Gasteiger partial charge in [0, 0.05) is 17.8 Å². The number of hydrogen-bond donors (Lipinski definition) is 3. The average Bonchev–Trinajstić information content (AvgIpc) is 3.41. The first-order chi connectivity index (χ1) is 13.6. The van der Waals surface area contributed by atoms with Crippen LogP contribution in [0.25, 0.3) is 11.8 Å². The van der Waals surface area contributed by atoms with Crippen molar-refractivity contribution in [3.8, 4) is 5.69 Å². The lowest BCUT2D eigenvalue weighted by atomic mass is 10.3. The molecular formula is C19H17N5O4. The van der Waals surface area contributed by atoms with Crippen LogP contribution in [0.4, 0.5) is 0 Å². The Labute approximate surface area is 160 Å². The van der Waals surface area contributed by atoms with E-state index in [1.54, 1.807) is 29.2 Å². The summed E-state index contributed by atoms with van der Waals surface area (Å²) < 4.78 is 6.70. The third-order valence-electron chi connectivity index (χ3n) is 3.56. The quantitative estimate of drug-likeness (QED) is 0.346. The highest BCUT2D eigenvalue weighted by molar-refractivity contribution is 6.35. The minimum Gasteiger partial charge on any atom is -0.467 e. The first-order valence-electron chi connectivity index (χ1n) is 8.30. The van der Waals surface area contributed by atoms with E-state index in [2.05, 4.69) is 15.8 Å². The van der Waals surface area contributed by atoms with Gasteiger partial charge in [0.2, 0.25) is 0 Å². The molecule has 1 aromatic carbocycles. The molecule has 0 aliphatic rings. The maximum atomic E-state index is 11.8. The van der Waals surface area contributed by atoms with Crippen molar-refractivity contribution in [3.05, 3.63) is 78.5 Å². The minimum atomic E-state index is -0.995. The van der Waals surface area contributed by atoms with Crippen LogP contribution < -0.4 is 16.2 Å². The molecule has 0 aliphatic carbocycles. The number of para-hydroxylation sites is 1. The average molecular weight is 379 g/mol. The van der Waals surface area contributed by atoms with E-state index in [1.807, 2.05) is 35.8 Å². The van der Waals surface area contributed by atoms with E-state index < -0.39 is 17.7 Å². The van der Waals surface area contributed by atoms with Crippen LogP contribution in [0.5, 0.6) is 0 Å². The zero-order valence-electron chi connectivity index (χ0n) is 14.7. The van der Waals surface area contributed by atoms with E-state index in [1.165, 1.54) is 18.4 Å². The predicted octanol–water partition coefficient (Wildman–Crippen LogP) is 0.942. The minimum absolute atomic E-state index is 0.0680. The van der Waals surface area contributed by atoms with E-state index in [4.69, 9.17) is 4.42 Å². The summed E-state index contributed by atoms with van der Waals surface area (Å²) in [6, 6.07) is 12.8. The molecule has 0 bridgehead atoms. The summed E-state index contributed by atoms with van der Waals surface area (Å²) in [5.41, 5.74) is 5.74. The number of furan rings is 1. The first kappa shape index (κ1) is 18.6. The summed E-state index contributed by atoms with van der Waals surface area (Å²) in [7, 11) is 0. The largest absolute Gasteiger partial charge is 0.467 e. The van der Waals surface area contributed by atoms with Crippen LogP contribution in [0.3, 0.4) is 0 Å². The van der Waals surface area contributed by atoms with E-state index >= 15 is 0 Å². The SMILES string of the molecule is O=C(/C=C/c1cnn(-c2ccccc2)c1)NNC(=O)C(=O)NCc1ccco1. The molecule has 0 fully saturated rings. The van der Waals surface area contributed by atoms with E-state index in [0.717, 1.165) is 5.69 Å². The van der Waals surface area contributed by atoms with Gasteiger partial charge in [-0.2, -0.15) is 5.10 Å². The number of aromatic nitrogens is 2. The number of nitrogens with zero attached hydrogens (tertiary/aromatic N) is 2. The van der Waals surface area contributed by atoms with Crippen molar-refractivity contribution in [2.24, 2.45) is 0 Å². The highest BCUT2D eigenvalue weighted by atomic mass is 16.3. The number of hydrogen-bond acceptors (Lipinski definition) is 5. The molecule has 0 atom stereocenters. The number of carbonyl (C=O) groups is 3. The van der Waals surface area contributed by atoms with Crippen LogP contribution >= 0.6 is 0 Å². The fourth-order valence-corrected chi connectivity index (χ4v) is 2.19. The number of nitrogens with one attached hydrogen (secondary N) is 3. The number of hydrazine groups is 1. The maximum Gasteiger partial charge on any atom is 0.327 e. The molecular weight excluding hydrogens is 362 g/mol. The zero-order valence-corrected chi connectivity index (χ0v) is 14.7. The summed E-state index contributed by atoms with van der Waals surface area (Å²) in [5, 5.41) is 6.57. The van der Waals surface area contributed by atoms with Gasteiger partial charge in [-0.25, -0.2) is 4.68 Å². The smallest absolute Gasteiger partial charge is 0.327 e. The van der Waals surface area contributed by atoms with Gasteiger partial charge in [-0.1, -0.05) is 18.2 Å². The van der Waals surface area contributed by atoms with Crippen LogP contribution in [-0.4, -0.2) is 27.5 Å². The normalized spacial score (nSPS) is 10.6.